The number of imidazole rings is 1. The van der Waals surface area contributed by atoms with Gasteiger partial charge in [0, 0.05) is 25.9 Å². The van der Waals surface area contributed by atoms with Gasteiger partial charge in [-0.1, -0.05) is 12.0 Å². The smallest absolute Gasteiger partial charge is 0.254 e. The molecule has 0 aromatic carbocycles. The summed E-state index contributed by atoms with van der Waals surface area (Å²) < 4.78 is 3.53. The van der Waals surface area contributed by atoms with Crippen molar-refractivity contribution >= 4 is 0 Å². The van der Waals surface area contributed by atoms with E-state index in [9.17, 15) is 0 Å². The summed E-state index contributed by atoms with van der Waals surface area (Å²) >= 11 is 0. The van der Waals surface area contributed by atoms with E-state index in [4.69, 9.17) is 0 Å². The first-order valence-corrected chi connectivity index (χ1v) is 4.58. The summed E-state index contributed by atoms with van der Waals surface area (Å²) in [5.41, 5.74) is 0. The van der Waals surface area contributed by atoms with E-state index in [1.807, 2.05) is 17.8 Å². The topological polar surface area (TPSA) is 61.4 Å². The van der Waals surface area contributed by atoms with Crippen LogP contribution in [0, 0.1) is 0 Å². The summed E-state index contributed by atoms with van der Waals surface area (Å²) in [6.45, 7) is 2.12. The van der Waals surface area contributed by atoms with E-state index in [1.54, 1.807) is 10.9 Å². The zero-order chi connectivity index (χ0) is 9.97. The van der Waals surface area contributed by atoms with Crippen molar-refractivity contribution < 1.29 is 0 Å². The minimum Gasteiger partial charge on any atom is -0.271 e. The Kier molecular flexibility index (Phi) is 2.26. The second-order valence-corrected chi connectivity index (χ2v) is 3.07. The van der Waals surface area contributed by atoms with E-state index >= 15 is 0 Å². The van der Waals surface area contributed by atoms with Gasteiger partial charge in [0.2, 0.25) is 0 Å². The normalized spacial score (nSPS) is 10.7. The molecule has 0 N–H and O–H groups in total. The highest BCUT2D eigenvalue weighted by Gasteiger charge is 2.08. The van der Waals surface area contributed by atoms with E-state index in [-0.39, 0.29) is 0 Å². The molecule has 0 radical (unpaired) electrons. The molecule has 0 bridgehead atoms. The van der Waals surface area contributed by atoms with Crippen molar-refractivity contribution in [3.05, 3.63) is 18.2 Å². The fourth-order valence-electron chi connectivity index (χ4n) is 1.35. The van der Waals surface area contributed by atoms with E-state index in [1.165, 1.54) is 0 Å². The lowest BCUT2D eigenvalue weighted by Gasteiger charge is -2.03. The Hall–Kier alpha value is -1.72. The summed E-state index contributed by atoms with van der Waals surface area (Å²) in [7, 11) is 1.81. The Bertz CT molecular complexity index is 415. The lowest BCUT2D eigenvalue weighted by Crippen LogP contribution is -2.07. The van der Waals surface area contributed by atoms with Crippen LogP contribution in [0.25, 0.3) is 5.95 Å². The number of hydrogen-bond acceptors (Lipinski definition) is 4. The maximum Gasteiger partial charge on any atom is 0.254 e. The van der Waals surface area contributed by atoms with Gasteiger partial charge in [-0.15, -0.1) is 0 Å². The van der Waals surface area contributed by atoms with E-state index in [0.717, 1.165) is 18.7 Å². The van der Waals surface area contributed by atoms with Gasteiger partial charge in [0.05, 0.1) is 0 Å². The van der Waals surface area contributed by atoms with Crippen LogP contribution in [-0.4, -0.2) is 29.8 Å². The van der Waals surface area contributed by atoms with Gasteiger partial charge >= 0.3 is 0 Å². The van der Waals surface area contributed by atoms with E-state index in [2.05, 4.69) is 27.4 Å². The number of tetrazole rings is 1. The summed E-state index contributed by atoms with van der Waals surface area (Å²) in [5, 5.41) is 11.3. The summed E-state index contributed by atoms with van der Waals surface area (Å²) in [5.74, 6) is 1.69. The average molecular weight is 192 g/mol. The molecule has 74 valence electrons. The molecule has 0 amide bonds. The summed E-state index contributed by atoms with van der Waals surface area (Å²) in [4.78, 5) is 4.26. The van der Waals surface area contributed by atoms with Gasteiger partial charge in [-0.3, -0.25) is 4.57 Å². The van der Waals surface area contributed by atoms with Crippen LogP contribution in [0.15, 0.2) is 12.4 Å². The molecule has 6 nitrogen and oxygen atoms in total. The molecular formula is C8H12N6. The molecule has 0 fully saturated rings. The second kappa shape index (κ2) is 3.57. The third-order valence-electron chi connectivity index (χ3n) is 2.00. The summed E-state index contributed by atoms with van der Waals surface area (Å²) in [6.07, 6.45) is 5.62. The van der Waals surface area contributed by atoms with Crippen LogP contribution in [0.3, 0.4) is 0 Å². The predicted molar refractivity (Wildman–Crippen MR) is 49.9 cm³/mol. The highest BCUT2D eigenvalue weighted by atomic mass is 15.6. The van der Waals surface area contributed by atoms with Crippen molar-refractivity contribution in [1.29, 1.82) is 0 Å². The molecule has 2 heterocycles. The molecule has 6 heteroatoms. The maximum atomic E-state index is 4.26. The van der Waals surface area contributed by atoms with Crippen molar-refractivity contribution in [3.63, 3.8) is 0 Å². The Morgan fingerprint density at radius 1 is 1.43 bits per heavy atom. The minimum atomic E-state index is 0.700. The third kappa shape index (κ3) is 1.39. The molecule has 2 aromatic heterocycles. The highest BCUT2D eigenvalue weighted by Crippen LogP contribution is 2.06. The van der Waals surface area contributed by atoms with Crippen molar-refractivity contribution in [2.45, 2.75) is 19.8 Å². The highest BCUT2D eigenvalue weighted by molar-refractivity contribution is 5.13. The monoisotopic (exact) mass is 192 g/mol. The summed E-state index contributed by atoms with van der Waals surface area (Å²) in [6, 6.07) is 0. The zero-order valence-electron chi connectivity index (χ0n) is 8.25. The molecule has 2 aromatic rings. The van der Waals surface area contributed by atoms with Crippen molar-refractivity contribution in [2.75, 3.05) is 0 Å². The minimum absolute atomic E-state index is 0.700. The second-order valence-electron chi connectivity index (χ2n) is 3.07. The lowest BCUT2D eigenvalue weighted by molar-refractivity contribution is 0.678. The van der Waals surface area contributed by atoms with E-state index in [0.29, 0.717) is 5.95 Å². The van der Waals surface area contributed by atoms with Gasteiger partial charge in [-0.2, -0.15) is 0 Å². The van der Waals surface area contributed by atoms with Crippen LogP contribution in [0.4, 0.5) is 0 Å². The van der Waals surface area contributed by atoms with Crippen molar-refractivity contribution in [1.82, 2.24) is 29.8 Å². The Morgan fingerprint density at radius 3 is 2.93 bits per heavy atom. The number of aryl methyl sites for hydroxylation is 2. The molecule has 0 aliphatic heterocycles. The number of rotatable bonds is 3. The van der Waals surface area contributed by atoms with Crippen LogP contribution in [-0.2, 0) is 13.5 Å². The van der Waals surface area contributed by atoms with Gasteiger partial charge in [-0.25, -0.2) is 9.67 Å². The molecule has 0 saturated heterocycles. The van der Waals surface area contributed by atoms with Gasteiger partial charge in [0.25, 0.3) is 5.95 Å². The standard InChI is InChI=1S/C8H12N6/c1-3-4-7-9-5-6-14(7)8-10-11-12-13(8)2/h5-6H,3-4H2,1-2H3. The first kappa shape index (κ1) is 8.86. The molecule has 0 atom stereocenters. The van der Waals surface area contributed by atoms with Gasteiger partial charge in [0.1, 0.15) is 5.82 Å². The van der Waals surface area contributed by atoms with Crippen LogP contribution >= 0.6 is 0 Å². The molecule has 0 unspecified atom stereocenters. The van der Waals surface area contributed by atoms with Crippen LogP contribution in [0.5, 0.6) is 0 Å². The first-order chi connectivity index (χ1) is 6.83. The molecule has 0 aliphatic carbocycles. The largest absolute Gasteiger partial charge is 0.271 e. The Morgan fingerprint density at radius 2 is 2.29 bits per heavy atom. The molecule has 0 saturated carbocycles. The average Bonchev–Trinajstić information content (AvgIpc) is 2.74. The van der Waals surface area contributed by atoms with E-state index < -0.39 is 0 Å². The molecule has 0 aliphatic rings. The van der Waals surface area contributed by atoms with Crippen LogP contribution < -0.4 is 0 Å². The van der Waals surface area contributed by atoms with Gasteiger partial charge in [0.15, 0.2) is 0 Å². The fraction of sp³-hybridized carbons (Fsp3) is 0.500. The molecule has 14 heavy (non-hydrogen) atoms. The quantitative estimate of drug-likeness (QED) is 0.704. The molecular weight excluding hydrogens is 180 g/mol. The first-order valence-electron chi connectivity index (χ1n) is 4.58. The number of nitrogens with zero attached hydrogens (tertiary/aromatic N) is 6. The van der Waals surface area contributed by atoms with Gasteiger partial charge in [-0.05, 0) is 16.8 Å². The van der Waals surface area contributed by atoms with Crippen LogP contribution in [0.1, 0.15) is 19.2 Å². The van der Waals surface area contributed by atoms with Gasteiger partial charge < -0.3 is 0 Å². The maximum absolute atomic E-state index is 4.26. The lowest BCUT2D eigenvalue weighted by atomic mass is 10.3. The molecule has 2 rings (SSSR count). The number of aromatic nitrogens is 6. The SMILES string of the molecule is CCCc1nccn1-c1nnnn1C. The fourth-order valence-corrected chi connectivity index (χ4v) is 1.35. The predicted octanol–water partition coefficient (Wildman–Crippen LogP) is 0.348. The van der Waals surface area contributed by atoms with Crippen molar-refractivity contribution in [2.24, 2.45) is 7.05 Å². The zero-order valence-corrected chi connectivity index (χ0v) is 8.25. The van der Waals surface area contributed by atoms with Crippen molar-refractivity contribution in [3.8, 4) is 5.95 Å². The molecule has 0 spiro atoms. The Balaban J connectivity index is 2.41. The third-order valence-corrected chi connectivity index (χ3v) is 2.00. The Labute approximate surface area is 81.6 Å². The number of hydrogen-bond donors (Lipinski definition) is 0. The van der Waals surface area contributed by atoms with Crippen LogP contribution in [0.2, 0.25) is 0 Å².